The number of phosphoric acid groups is 1. The summed E-state index contributed by atoms with van der Waals surface area (Å²) < 4.78 is 30.4. The number of carbonyl (C=O) groups excluding carboxylic acids is 2. The number of nitrogens with zero attached hydrogens (tertiary/aromatic N) is 1. The number of allylic oxidation sites excluding steroid dienone is 13. The number of esters is 1. The van der Waals surface area contributed by atoms with Gasteiger partial charge < -0.3 is 28.5 Å². The molecule has 83 heavy (non-hydrogen) atoms. The van der Waals surface area contributed by atoms with Crippen molar-refractivity contribution >= 4 is 19.7 Å². The standard InChI is InChI=1S/C73H133N2O7P/c1-7-10-13-16-19-22-25-27-29-31-33-34-35-36-37-38-39-40-42-44-46-48-51-54-57-60-63-66-73(77)82-71(64-61-58-55-52-49-24-21-18-15-12-9-3)70(69-81-83(78,79)80-68-67-75(4,5)6)74-72(76)65-62-59-56-53-50-47-45-43-41-32-30-28-26-23-20-17-14-11-8-2/h19-20,22-23,27-30,33-34,41,43,61,64,70-71H,7-18,21,24-26,31-32,35-40,42,44-60,62-63,65-69H2,1-6H3,(H-,74,76,78,79)/b22-19-,23-20-,29-27-,30-28-,34-33-,43-41-,64-61-. The first-order valence-corrected chi connectivity index (χ1v) is 36.4. The Labute approximate surface area is 514 Å². The second-order valence-electron chi connectivity index (χ2n) is 24.7. The molecule has 0 bridgehead atoms. The summed E-state index contributed by atoms with van der Waals surface area (Å²) in [5.74, 6) is -0.552. The Morgan fingerprint density at radius 1 is 0.422 bits per heavy atom. The average molecular weight is 1180 g/mol. The molecule has 0 aliphatic carbocycles. The van der Waals surface area contributed by atoms with E-state index in [1.54, 1.807) is 0 Å². The maximum atomic E-state index is 13.6. The first-order chi connectivity index (χ1) is 40.4. The number of amides is 1. The van der Waals surface area contributed by atoms with Crippen LogP contribution in [-0.4, -0.2) is 69.4 Å². The molecule has 3 unspecified atom stereocenters. The second kappa shape index (κ2) is 62.2. The third-order valence-corrected chi connectivity index (χ3v) is 16.3. The van der Waals surface area contributed by atoms with Crippen LogP contribution in [0.3, 0.4) is 0 Å². The lowest BCUT2D eigenvalue weighted by molar-refractivity contribution is -0.870. The van der Waals surface area contributed by atoms with E-state index in [0.29, 0.717) is 17.4 Å². The van der Waals surface area contributed by atoms with Gasteiger partial charge in [0, 0.05) is 12.8 Å². The number of carbonyl (C=O) groups is 2. The zero-order valence-electron chi connectivity index (χ0n) is 55.1. The molecule has 0 heterocycles. The summed E-state index contributed by atoms with van der Waals surface area (Å²) in [4.78, 5) is 40.1. The number of nitrogens with one attached hydrogen (secondary N) is 1. The predicted octanol–water partition coefficient (Wildman–Crippen LogP) is 21.5. The highest BCUT2D eigenvalue weighted by atomic mass is 31.2. The fourth-order valence-corrected chi connectivity index (χ4v) is 10.6. The summed E-state index contributed by atoms with van der Waals surface area (Å²) in [5, 5.41) is 3.03. The average Bonchev–Trinajstić information content (AvgIpc) is 3.51. The Morgan fingerprint density at radius 2 is 0.735 bits per heavy atom. The molecule has 0 fully saturated rings. The number of hydrogen-bond donors (Lipinski definition) is 1. The van der Waals surface area contributed by atoms with Gasteiger partial charge in [0.25, 0.3) is 7.82 Å². The quantitative estimate of drug-likeness (QED) is 0.0212. The molecular weight excluding hydrogens is 1050 g/mol. The van der Waals surface area contributed by atoms with Crippen molar-refractivity contribution in [3.05, 3.63) is 85.1 Å². The third kappa shape index (κ3) is 63.5. The van der Waals surface area contributed by atoms with Gasteiger partial charge in [0.1, 0.15) is 19.3 Å². The van der Waals surface area contributed by atoms with Crippen molar-refractivity contribution in [2.45, 2.75) is 328 Å². The molecule has 0 spiro atoms. The first kappa shape index (κ1) is 80.2. The van der Waals surface area contributed by atoms with Gasteiger partial charge in [-0.2, -0.15) is 0 Å². The van der Waals surface area contributed by atoms with E-state index >= 15 is 0 Å². The number of likely N-dealkylation sites (N-methyl/N-ethyl adjacent to an activating group) is 1. The van der Waals surface area contributed by atoms with E-state index in [4.69, 9.17) is 13.8 Å². The van der Waals surface area contributed by atoms with E-state index in [1.165, 1.54) is 173 Å². The molecule has 1 N–H and O–H groups in total. The summed E-state index contributed by atoms with van der Waals surface area (Å²) >= 11 is 0. The maximum absolute atomic E-state index is 13.6. The zero-order chi connectivity index (χ0) is 60.7. The summed E-state index contributed by atoms with van der Waals surface area (Å²) in [6.07, 6.45) is 82.8. The molecule has 0 saturated carbocycles. The summed E-state index contributed by atoms with van der Waals surface area (Å²) in [7, 11) is 1.17. The number of ether oxygens (including phenoxy) is 1. The van der Waals surface area contributed by atoms with Crippen LogP contribution in [0.4, 0.5) is 0 Å². The fraction of sp³-hybridized carbons (Fsp3) is 0.781. The van der Waals surface area contributed by atoms with Crippen molar-refractivity contribution in [2.75, 3.05) is 40.9 Å². The molecule has 0 rings (SSSR count). The van der Waals surface area contributed by atoms with Crippen LogP contribution < -0.4 is 10.2 Å². The maximum Gasteiger partial charge on any atom is 0.306 e. The minimum Gasteiger partial charge on any atom is -0.756 e. The van der Waals surface area contributed by atoms with Gasteiger partial charge in [-0.1, -0.05) is 280 Å². The Hall–Kier alpha value is -2.81. The van der Waals surface area contributed by atoms with Crippen LogP contribution in [0.5, 0.6) is 0 Å². The largest absolute Gasteiger partial charge is 0.756 e. The van der Waals surface area contributed by atoms with E-state index in [-0.39, 0.29) is 24.9 Å². The number of unbranched alkanes of at least 4 members (excludes halogenated alkanes) is 35. The monoisotopic (exact) mass is 1180 g/mol. The summed E-state index contributed by atoms with van der Waals surface area (Å²) in [6, 6.07) is -0.899. The van der Waals surface area contributed by atoms with Crippen LogP contribution >= 0.6 is 7.82 Å². The topological polar surface area (TPSA) is 114 Å². The summed E-state index contributed by atoms with van der Waals surface area (Å²) in [5.41, 5.74) is 0. The third-order valence-electron chi connectivity index (χ3n) is 15.3. The molecule has 9 nitrogen and oxygen atoms in total. The van der Waals surface area contributed by atoms with Gasteiger partial charge >= 0.3 is 5.97 Å². The first-order valence-electron chi connectivity index (χ1n) is 34.9. The van der Waals surface area contributed by atoms with Crippen molar-refractivity contribution in [1.29, 1.82) is 0 Å². The summed E-state index contributed by atoms with van der Waals surface area (Å²) in [6.45, 7) is 6.79. The number of hydrogen-bond acceptors (Lipinski definition) is 7. The molecule has 0 aliphatic heterocycles. The highest BCUT2D eigenvalue weighted by Crippen LogP contribution is 2.38. The lowest BCUT2D eigenvalue weighted by Gasteiger charge is -2.30. The van der Waals surface area contributed by atoms with Crippen LogP contribution in [0.1, 0.15) is 316 Å². The van der Waals surface area contributed by atoms with Crippen molar-refractivity contribution in [1.82, 2.24) is 5.32 Å². The van der Waals surface area contributed by atoms with E-state index in [1.807, 2.05) is 33.3 Å². The molecule has 482 valence electrons. The predicted molar refractivity (Wildman–Crippen MR) is 358 cm³/mol. The number of quaternary nitrogens is 1. The van der Waals surface area contributed by atoms with Crippen molar-refractivity contribution in [2.24, 2.45) is 0 Å². The van der Waals surface area contributed by atoms with Crippen molar-refractivity contribution in [3.8, 4) is 0 Å². The van der Waals surface area contributed by atoms with E-state index in [0.717, 1.165) is 109 Å². The van der Waals surface area contributed by atoms with Gasteiger partial charge in [-0.25, -0.2) is 0 Å². The lowest BCUT2D eigenvalue weighted by atomic mass is 10.0. The Balaban J connectivity index is 5.03. The van der Waals surface area contributed by atoms with Gasteiger partial charge in [-0.15, -0.1) is 0 Å². The van der Waals surface area contributed by atoms with Crippen LogP contribution in [0, 0.1) is 0 Å². The highest BCUT2D eigenvalue weighted by Gasteiger charge is 2.27. The molecule has 0 aromatic heterocycles. The number of phosphoric ester groups is 1. The molecule has 10 heteroatoms. The Bertz CT molecular complexity index is 1700. The van der Waals surface area contributed by atoms with E-state index < -0.39 is 26.6 Å². The number of rotatable bonds is 63. The molecule has 0 saturated heterocycles. The smallest absolute Gasteiger partial charge is 0.306 e. The SMILES string of the molecule is CCCCC/C=C\C/C=C\C/C=C\CCCCCCCCCCCCCCCCC(=O)OC(/C=C\CCCCCCCCCCC)C(COP(=O)([O-])OCC[N+](C)(C)C)NC(=O)CCCCCCCC/C=C\C/C=C\C/C=C\CCCCC. The minimum atomic E-state index is -4.71. The van der Waals surface area contributed by atoms with E-state index in [2.05, 4.69) is 99.0 Å². The van der Waals surface area contributed by atoms with Crippen LogP contribution in [-0.2, 0) is 27.9 Å². The van der Waals surface area contributed by atoms with Crippen LogP contribution in [0.25, 0.3) is 0 Å². The Morgan fingerprint density at radius 3 is 1.12 bits per heavy atom. The van der Waals surface area contributed by atoms with Crippen molar-refractivity contribution in [3.63, 3.8) is 0 Å². The molecule has 0 aromatic carbocycles. The van der Waals surface area contributed by atoms with Crippen LogP contribution in [0.2, 0.25) is 0 Å². The van der Waals surface area contributed by atoms with Gasteiger partial charge in [-0.3, -0.25) is 14.2 Å². The van der Waals surface area contributed by atoms with E-state index in [9.17, 15) is 19.0 Å². The molecular formula is C73H133N2O7P. The van der Waals surface area contributed by atoms with Gasteiger partial charge in [0.15, 0.2) is 0 Å². The van der Waals surface area contributed by atoms with Gasteiger partial charge in [-0.05, 0) is 109 Å². The van der Waals surface area contributed by atoms with Gasteiger partial charge in [0.2, 0.25) is 5.91 Å². The second-order valence-corrected chi connectivity index (χ2v) is 26.1. The van der Waals surface area contributed by atoms with Gasteiger partial charge in [0.05, 0.1) is 33.8 Å². The minimum absolute atomic E-state index is 0.0274. The highest BCUT2D eigenvalue weighted by molar-refractivity contribution is 7.45. The molecule has 1 amide bonds. The molecule has 3 atom stereocenters. The van der Waals surface area contributed by atoms with Crippen LogP contribution in [0.15, 0.2) is 85.1 Å². The Kier molecular flexibility index (Phi) is 60.1. The molecule has 0 aliphatic rings. The van der Waals surface area contributed by atoms with Crippen molar-refractivity contribution < 1.29 is 37.3 Å². The molecule has 0 radical (unpaired) electrons. The zero-order valence-corrected chi connectivity index (χ0v) is 56.0. The normalized spacial score (nSPS) is 14.1. The fourth-order valence-electron chi connectivity index (χ4n) is 9.89. The lowest BCUT2D eigenvalue weighted by Crippen LogP contribution is -2.47. The molecule has 0 aromatic rings.